The summed E-state index contributed by atoms with van der Waals surface area (Å²) in [4.78, 5) is 10.5. The molecule has 1 aliphatic carbocycles. The van der Waals surface area contributed by atoms with Crippen LogP contribution in [0.15, 0.2) is 18.2 Å². The van der Waals surface area contributed by atoms with Gasteiger partial charge in [0, 0.05) is 24.7 Å². The Morgan fingerprint density at radius 1 is 1.14 bits per heavy atom. The van der Waals surface area contributed by atoms with Gasteiger partial charge in [-0.25, -0.2) is 0 Å². The molecule has 0 spiro atoms. The number of nitro benzene ring substituents is 1. The van der Waals surface area contributed by atoms with Gasteiger partial charge in [0.05, 0.1) is 18.1 Å². The van der Waals surface area contributed by atoms with Crippen molar-refractivity contribution in [2.45, 2.75) is 57.6 Å². The fourth-order valence-corrected chi connectivity index (χ4v) is 3.10. The van der Waals surface area contributed by atoms with Gasteiger partial charge < -0.3 is 14.8 Å². The highest BCUT2D eigenvalue weighted by atomic mass is 16.7. The summed E-state index contributed by atoms with van der Waals surface area (Å²) in [5.74, 6) is 0. The van der Waals surface area contributed by atoms with E-state index in [9.17, 15) is 10.1 Å². The van der Waals surface area contributed by atoms with E-state index < -0.39 is 0 Å². The lowest BCUT2D eigenvalue weighted by atomic mass is 9.95. The largest absolute Gasteiger partial charge is 0.347 e. The molecule has 0 unspecified atom stereocenters. The van der Waals surface area contributed by atoms with Gasteiger partial charge in [-0.2, -0.15) is 0 Å². The van der Waals surface area contributed by atoms with Crippen LogP contribution in [0.5, 0.6) is 0 Å². The van der Waals surface area contributed by atoms with Gasteiger partial charge in [-0.1, -0.05) is 19.3 Å². The number of non-ortho nitro benzene ring substituents is 1. The molecule has 22 heavy (non-hydrogen) atoms. The van der Waals surface area contributed by atoms with Gasteiger partial charge in [0.25, 0.3) is 5.69 Å². The van der Waals surface area contributed by atoms with Crippen LogP contribution in [0.25, 0.3) is 0 Å². The molecule has 1 N–H and O–H groups in total. The van der Waals surface area contributed by atoms with Crippen LogP contribution in [0.3, 0.4) is 0 Å². The Hall–Kier alpha value is -1.50. The highest BCUT2D eigenvalue weighted by molar-refractivity contribution is 5.39. The molecule has 0 bridgehead atoms. The van der Waals surface area contributed by atoms with Crippen molar-refractivity contribution >= 4 is 5.69 Å². The molecule has 0 saturated heterocycles. The first-order valence-electron chi connectivity index (χ1n) is 7.95. The van der Waals surface area contributed by atoms with Gasteiger partial charge in [0.2, 0.25) is 0 Å². The topological polar surface area (TPSA) is 73.6 Å². The molecule has 1 aromatic rings. The number of hydrogen-bond acceptors (Lipinski definition) is 5. The van der Waals surface area contributed by atoms with Crippen LogP contribution in [0.1, 0.15) is 43.2 Å². The molecular formula is C16H22N2O4. The third-order valence-electron chi connectivity index (χ3n) is 4.43. The lowest BCUT2D eigenvalue weighted by Crippen LogP contribution is -2.38. The molecule has 6 nitrogen and oxygen atoms in total. The zero-order valence-corrected chi connectivity index (χ0v) is 12.6. The lowest BCUT2D eigenvalue weighted by molar-refractivity contribution is -0.385. The van der Waals surface area contributed by atoms with Crippen LogP contribution in [0, 0.1) is 10.1 Å². The number of nitro groups is 1. The Bertz CT molecular complexity index is 529. The average molecular weight is 306 g/mol. The summed E-state index contributed by atoms with van der Waals surface area (Å²) in [7, 11) is 0. The summed E-state index contributed by atoms with van der Waals surface area (Å²) in [6.45, 7) is 1.46. The minimum atomic E-state index is -0.381. The van der Waals surface area contributed by atoms with Crippen LogP contribution < -0.4 is 5.32 Å². The van der Waals surface area contributed by atoms with Gasteiger partial charge >= 0.3 is 0 Å². The van der Waals surface area contributed by atoms with Crippen molar-refractivity contribution in [1.29, 1.82) is 0 Å². The summed E-state index contributed by atoms with van der Waals surface area (Å²) in [6.07, 6.45) is 6.06. The first-order chi connectivity index (χ1) is 10.7. The van der Waals surface area contributed by atoms with Crippen LogP contribution in [-0.2, 0) is 22.7 Å². The predicted octanol–water partition coefficient (Wildman–Crippen LogP) is 2.89. The van der Waals surface area contributed by atoms with Gasteiger partial charge in [-0.05, 0) is 30.0 Å². The fourth-order valence-electron chi connectivity index (χ4n) is 3.10. The van der Waals surface area contributed by atoms with Crippen LogP contribution in [-0.4, -0.2) is 23.8 Å². The van der Waals surface area contributed by atoms with Gasteiger partial charge in [0.1, 0.15) is 0 Å². The molecule has 1 atom stereocenters. The normalized spacial score (nSPS) is 22.8. The van der Waals surface area contributed by atoms with E-state index in [2.05, 4.69) is 5.32 Å². The smallest absolute Gasteiger partial charge is 0.269 e. The number of nitrogens with one attached hydrogen (secondary N) is 1. The van der Waals surface area contributed by atoms with Crippen molar-refractivity contribution < 1.29 is 14.4 Å². The van der Waals surface area contributed by atoms with Crippen molar-refractivity contribution in [3.05, 3.63) is 39.4 Å². The van der Waals surface area contributed by atoms with Crippen molar-refractivity contribution in [3.8, 4) is 0 Å². The summed E-state index contributed by atoms with van der Waals surface area (Å²) in [6, 6.07) is 5.42. The van der Waals surface area contributed by atoms with Crippen molar-refractivity contribution in [2.75, 3.05) is 6.54 Å². The summed E-state index contributed by atoms with van der Waals surface area (Å²) >= 11 is 0. The monoisotopic (exact) mass is 306 g/mol. The van der Waals surface area contributed by atoms with E-state index in [1.165, 1.54) is 38.2 Å². The standard InChI is InChI=1S/C16H22N2O4/c19-18(20)15-7-6-12-10-21-16(22-11-13(12)8-15)9-17-14-4-2-1-3-5-14/h6-8,14,16-17H,1-5,9-11H2/t16-/m1/s1. The van der Waals surface area contributed by atoms with Crippen molar-refractivity contribution in [2.24, 2.45) is 0 Å². The highest BCUT2D eigenvalue weighted by Gasteiger charge is 2.21. The zero-order chi connectivity index (χ0) is 15.4. The molecule has 1 heterocycles. The summed E-state index contributed by atoms with van der Waals surface area (Å²) in [5.41, 5.74) is 1.90. The van der Waals surface area contributed by atoms with Gasteiger partial charge in [-0.3, -0.25) is 10.1 Å². The molecule has 1 saturated carbocycles. The lowest BCUT2D eigenvalue weighted by Gasteiger charge is -2.25. The third-order valence-corrected chi connectivity index (χ3v) is 4.43. The Morgan fingerprint density at radius 3 is 2.59 bits per heavy atom. The average Bonchev–Trinajstić information content (AvgIpc) is 2.75. The second-order valence-electron chi connectivity index (χ2n) is 6.00. The van der Waals surface area contributed by atoms with Crippen molar-refractivity contribution in [3.63, 3.8) is 0 Å². The maximum Gasteiger partial charge on any atom is 0.269 e. The first-order valence-corrected chi connectivity index (χ1v) is 7.95. The molecule has 3 rings (SSSR count). The Kier molecular flexibility index (Phi) is 5.02. The van der Waals surface area contributed by atoms with E-state index in [0.29, 0.717) is 25.8 Å². The number of hydrogen-bond donors (Lipinski definition) is 1. The van der Waals surface area contributed by atoms with E-state index in [-0.39, 0.29) is 16.9 Å². The molecule has 120 valence electrons. The van der Waals surface area contributed by atoms with E-state index in [0.717, 1.165) is 11.1 Å². The molecule has 1 aliphatic heterocycles. The molecule has 1 aromatic carbocycles. The maximum atomic E-state index is 10.8. The number of nitrogens with zero attached hydrogens (tertiary/aromatic N) is 1. The van der Waals surface area contributed by atoms with E-state index in [4.69, 9.17) is 9.47 Å². The molecular weight excluding hydrogens is 284 g/mol. The molecule has 2 aliphatic rings. The van der Waals surface area contributed by atoms with Gasteiger partial charge in [0.15, 0.2) is 6.29 Å². The van der Waals surface area contributed by atoms with Crippen LogP contribution in [0.4, 0.5) is 5.69 Å². The van der Waals surface area contributed by atoms with Gasteiger partial charge in [-0.15, -0.1) is 0 Å². The number of rotatable bonds is 4. The number of fused-ring (bicyclic) bond motifs is 1. The molecule has 0 amide bonds. The maximum absolute atomic E-state index is 10.8. The second kappa shape index (κ2) is 7.17. The quantitative estimate of drug-likeness (QED) is 0.684. The predicted molar refractivity (Wildman–Crippen MR) is 81.3 cm³/mol. The minimum absolute atomic E-state index is 0.0983. The number of ether oxygens (including phenoxy) is 2. The van der Waals surface area contributed by atoms with E-state index in [1.54, 1.807) is 12.1 Å². The summed E-state index contributed by atoms with van der Waals surface area (Å²) < 4.78 is 11.5. The fraction of sp³-hybridized carbons (Fsp3) is 0.625. The molecule has 6 heteroatoms. The molecule has 1 fully saturated rings. The second-order valence-corrected chi connectivity index (χ2v) is 6.00. The van der Waals surface area contributed by atoms with E-state index >= 15 is 0 Å². The van der Waals surface area contributed by atoms with Crippen LogP contribution >= 0.6 is 0 Å². The molecule has 0 aromatic heterocycles. The van der Waals surface area contributed by atoms with E-state index in [1.807, 2.05) is 0 Å². The molecule has 0 radical (unpaired) electrons. The van der Waals surface area contributed by atoms with Crippen molar-refractivity contribution in [1.82, 2.24) is 5.32 Å². The third kappa shape index (κ3) is 3.82. The Balaban J connectivity index is 1.55. The number of benzene rings is 1. The Morgan fingerprint density at radius 2 is 1.86 bits per heavy atom. The van der Waals surface area contributed by atoms with Crippen LogP contribution in [0.2, 0.25) is 0 Å². The SMILES string of the molecule is O=[N+]([O-])c1ccc2c(c1)CO[C@H](CNC1CCCCC1)OC2. The summed E-state index contributed by atoms with van der Waals surface area (Å²) in [5, 5.41) is 14.4. The minimum Gasteiger partial charge on any atom is -0.347 e. The first kappa shape index (κ1) is 15.4. The highest BCUT2D eigenvalue weighted by Crippen LogP contribution is 2.23. The Labute approximate surface area is 129 Å². The zero-order valence-electron chi connectivity index (χ0n) is 12.6.